The van der Waals surface area contributed by atoms with Gasteiger partial charge in [-0.15, -0.1) is 0 Å². The Morgan fingerprint density at radius 2 is 2.00 bits per heavy atom. The average Bonchev–Trinajstić information content (AvgIpc) is 2.19. The van der Waals surface area contributed by atoms with E-state index in [0.29, 0.717) is 0 Å². The summed E-state index contributed by atoms with van der Waals surface area (Å²) in [7, 11) is 1.97. The molecule has 0 aromatic carbocycles. The van der Waals surface area contributed by atoms with E-state index >= 15 is 0 Å². The van der Waals surface area contributed by atoms with E-state index in [9.17, 15) is 0 Å². The normalized spacial score (nSPS) is 22.1. The van der Waals surface area contributed by atoms with Gasteiger partial charge in [0.1, 0.15) is 0 Å². The second-order valence-electron chi connectivity index (χ2n) is 2.43. The van der Waals surface area contributed by atoms with E-state index < -0.39 is 0 Å². The summed E-state index contributed by atoms with van der Waals surface area (Å²) in [5.74, 6) is 2.46. The fourth-order valence-corrected chi connectivity index (χ4v) is 3.30. The highest BCUT2D eigenvalue weighted by Crippen LogP contribution is 2.29. The van der Waals surface area contributed by atoms with Crippen molar-refractivity contribution in [2.24, 2.45) is 5.92 Å². The Bertz CT molecular complexity index is 59.5. The molecule has 0 unspecified atom stereocenters. The minimum absolute atomic E-state index is 1.07. The van der Waals surface area contributed by atoms with Gasteiger partial charge in [0.15, 0.2) is 0 Å². The number of rotatable bonds is 2. The maximum Gasteiger partial charge on any atom is 0.00618 e. The van der Waals surface area contributed by atoms with Crippen molar-refractivity contribution in [2.45, 2.75) is 25.7 Å². The lowest BCUT2D eigenvalue weighted by Gasteiger charge is -2.01. The van der Waals surface area contributed by atoms with Crippen LogP contribution in [0.25, 0.3) is 0 Å². The van der Waals surface area contributed by atoms with Crippen LogP contribution in [0.2, 0.25) is 0 Å². The maximum atomic E-state index is 2.39. The van der Waals surface area contributed by atoms with Gasteiger partial charge >= 0.3 is 0 Å². The van der Waals surface area contributed by atoms with Gasteiger partial charge in [-0.2, -0.15) is 0 Å². The third kappa shape index (κ3) is 2.13. The predicted octanol–water partition coefficient (Wildman–Crippen LogP) is 3.26. The zero-order chi connectivity index (χ0) is 5.82. The number of hydrogen-bond acceptors (Lipinski definition) is 1. The Morgan fingerprint density at radius 1 is 1.38 bits per heavy atom. The first-order chi connectivity index (χ1) is 3.93. The predicted molar refractivity (Wildman–Crippen MR) is 48.4 cm³/mol. The number of hydrogen-bond donors (Lipinski definition) is 0. The van der Waals surface area contributed by atoms with Gasteiger partial charge in [0.2, 0.25) is 0 Å². The van der Waals surface area contributed by atoms with Crippen molar-refractivity contribution in [3.05, 3.63) is 0 Å². The van der Waals surface area contributed by atoms with E-state index in [2.05, 4.69) is 21.2 Å². The summed E-state index contributed by atoms with van der Waals surface area (Å²) < 4.78 is 0. The van der Waals surface area contributed by atoms with E-state index in [1.54, 1.807) is 0 Å². The van der Waals surface area contributed by atoms with Crippen LogP contribution in [-0.4, -0.2) is 5.75 Å². The van der Waals surface area contributed by atoms with Crippen molar-refractivity contribution < 1.29 is 0 Å². The minimum Gasteiger partial charge on any atom is -0.0891 e. The van der Waals surface area contributed by atoms with Gasteiger partial charge in [-0.1, -0.05) is 21.8 Å². The van der Waals surface area contributed by atoms with E-state index in [4.69, 9.17) is 0 Å². The molecule has 0 spiro atoms. The summed E-state index contributed by atoms with van der Waals surface area (Å²) in [4.78, 5) is 0. The molecule has 1 rings (SSSR count). The van der Waals surface area contributed by atoms with Crippen LogP contribution in [-0.2, 0) is 0 Å². The zero-order valence-corrected chi connectivity index (χ0v) is 7.87. The Hall–Kier alpha value is 1.08. The minimum atomic E-state index is 1.07. The van der Waals surface area contributed by atoms with Gasteiger partial charge < -0.3 is 0 Å². The van der Waals surface area contributed by atoms with Crippen LogP contribution in [0.15, 0.2) is 0 Å². The van der Waals surface area contributed by atoms with Gasteiger partial charge in [0.05, 0.1) is 0 Å². The third-order valence-electron chi connectivity index (χ3n) is 1.77. The van der Waals surface area contributed by atoms with Crippen molar-refractivity contribution in [2.75, 3.05) is 5.75 Å². The van der Waals surface area contributed by atoms with Gasteiger partial charge in [0.25, 0.3) is 0 Å². The lowest BCUT2D eigenvalue weighted by atomic mass is 10.1. The highest BCUT2D eigenvalue weighted by Gasteiger charge is 2.13. The second-order valence-corrected chi connectivity index (χ2v) is 4.85. The topological polar surface area (TPSA) is 0 Å². The van der Waals surface area contributed by atoms with Crippen molar-refractivity contribution >= 4 is 30.1 Å². The molecule has 1 aliphatic rings. The largest absolute Gasteiger partial charge is 0.0891 e. The highest BCUT2D eigenvalue weighted by molar-refractivity contribution is 14.2. The van der Waals surface area contributed by atoms with Crippen molar-refractivity contribution in [3.63, 3.8) is 0 Å². The van der Waals surface area contributed by atoms with Gasteiger partial charge in [-0.3, -0.25) is 0 Å². The Balaban J connectivity index is 2.06. The van der Waals surface area contributed by atoms with Crippen LogP contribution >= 0.6 is 30.1 Å². The van der Waals surface area contributed by atoms with Crippen molar-refractivity contribution in [1.82, 2.24) is 0 Å². The first kappa shape index (κ1) is 7.19. The van der Waals surface area contributed by atoms with Crippen LogP contribution in [0, 0.1) is 5.92 Å². The molecule has 0 N–H and O–H groups in total. The Kier molecular flexibility index (Phi) is 3.58. The quantitative estimate of drug-likeness (QED) is 0.670. The van der Waals surface area contributed by atoms with Gasteiger partial charge in [-0.25, -0.2) is 0 Å². The van der Waals surface area contributed by atoms with Gasteiger partial charge in [-0.05, 0) is 40.0 Å². The smallest absolute Gasteiger partial charge is 0.00618 e. The van der Waals surface area contributed by atoms with Crippen LogP contribution in [0.5, 0.6) is 0 Å². The molecule has 2 heteroatoms. The molecule has 1 fully saturated rings. The fraction of sp³-hybridized carbons (Fsp3) is 1.00. The molecule has 0 saturated heterocycles. The first-order valence-corrected chi connectivity index (χ1v) is 6.70. The van der Waals surface area contributed by atoms with Crippen molar-refractivity contribution in [1.29, 1.82) is 0 Å². The molecule has 1 aliphatic carbocycles. The first-order valence-electron chi connectivity index (χ1n) is 3.17. The highest BCUT2D eigenvalue weighted by atomic mass is 127. The average molecular weight is 242 g/mol. The second kappa shape index (κ2) is 3.99. The van der Waals surface area contributed by atoms with Gasteiger partial charge in [0, 0.05) is 5.75 Å². The van der Waals surface area contributed by atoms with E-state index in [0.717, 1.165) is 5.92 Å². The molecule has 0 aromatic heterocycles. The molecule has 0 atom stereocenters. The lowest BCUT2D eigenvalue weighted by Crippen LogP contribution is -1.93. The summed E-state index contributed by atoms with van der Waals surface area (Å²) in [5.41, 5.74) is 0. The molecule has 0 radical (unpaired) electrons. The van der Waals surface area contributed by atoms with Crippen molar-refractivity contribution in [3.8, 4) is 0 Å². The molecular formula is C6H11IS. The van der Waals surface area contributed by atoms with Crippen LogP contribution in [0.1, 0.15) is 25.7 Å². The SMILES string of the molecule is ISCC1CCCC1. The molecule has 48 valence electrons. The monoisotopic (exact) mass is 242 g/mol. The van der Waals surface area contributed by atoms with E-state index in [1.807, 2.05) is 8.93 Å². The fourth-order valence-electron chi connectivity index (χ4n) is 1.27. The standard InChI is InChI=1S/C6H11IS/c7-8-5-6-3-1-2-4-6/h6H,1-5H2. The van der Waals surface area contributed by atoms with E-state index in [-0.39, 0.29) is 0 Å². The van der Waals surface area contributed by atoms with Crippen LogP contribution in [0.4, 0.5) is 0 Å². The Morgan fingerprint density at radius 3 is 2.50 bits per heavy atom. The molecule has 8 heavy (non-hydrogen) atoms. The van der Waals surface area contributed by atoms with Crippen LogP contribution in [0.3, 0.4) is 0 Å². The van der Waals surface area contributed by atoms with Crippen LogP contribution < -0.4 is 0 Å². The molecule has 0 bridgehead atoms. The summed E-state index contributed by atoms with van der Waals surface area (Å²) in [5, 5.41) is 0. The molecule has 0 nitrogen and oxygen atoms in total. The summed E-state index contributed by atoms with van der Waals surface area (Å²) in [6.45, 7) is 0. The Labute approximate surface area is 67.4 Å². The molecule has 0 aliphatic heterocycles. The maximum absolute atomic E-state index is 2.39. The molecule has 0 aromatic rings. The third-order valence-corrected chi connectivity index (χ3v) is 3.45. The summed E-state index contributed by atoms with van der Waals surface area (Å²) in [6.07, 6.45) is 5.97. The van der Waals surface area contributed by atoms with E-state index in [1.165, 1.54) is 31.4 Å². The molecule has 0 heterocycles. The zero-order valence-electron chi connectivity index (χ0n) is 4.90. The number of halogens is 1. The molecule has 0 amide bonds. The molecular weight excluding hydrogens is 231 g/mol. The molecule has 1 saturated carbocycles. The lowest BCUT2D eigenvalue weighted by molar-refractivity contribution is 0.625. The summed E-state index contributed by atoms with van der Waals surface area (Å²) in [6, 6.07) is 0. The summed E-state index contributed by atoms with van der Waals surface area (Å²) >= 11 is 2.39.